The summed E-state index contributed by atoms with van der Waals surface area (Å²) >= 11 is 0. The Bertz CT molecular complexity index is 1780. The zero-order valence-electron chi connectivity index (χ0n) is 40.1. The summed E-state index contributed by atoms with van der Waals surface area (Å²) in [5, 5.41) is 0. The van der Waals surface area contributed by atoms with Gasteiger partial charge in [0.25, 0.3) is 11.8 Å². The first-order chi connectivity index (χ1) is 32.0. The molecule has 0 aliphatic rings. The molecule has 0 radical (unpaired) electrons. The molecule has 0 aliphatic heterocycles. The van der Waals surface area contributed by atoms with Crippen LogP contribution >= 0.6 is 0 Å². The maximum atomic E-state index is 13.1. The van der Waals surface area contributed by atoms with Crippen molar-refractivity contribution in [3.63, 3.8) is 0 Å². The molecule has 0 heterocycles. The first kappa shape index (κ1) is 63.8. The lowest BCUT2D eigenvalue weighted by Crippen LogP contribution is -2.39. The molecule has 402 valence electrons. The van der Waals surface area contributed by atoms with Crippen LogP contribution in [0.2, 0.25) is 0 Å². The van der Waals surface area contributed by atoms with Crippen molar-refractivity contribution in [2.45, 2.75) is 180 Å². The van der Waals surface area contributed by atoms with Gasteiger partial charge in [0.1, 0.15) is 43.3 Å². The summed E-state index contributed by atoms with van der Waals surface area (Å²) in [7, 11) is 0. The summed E-state index contributed by atoms with van der Waals surface area (Å²) in [6, 6.07) is 20.7. The molecule has 0 amide bonds. The largest absolute Gasteiger partial charge is 0.465 e. The number of hydrogen-bond donors (Lipinski definition) is 0. The maximum Gasteiger partial charge on any atom is 0.415 e. The molecule has 0 aliphatic carbocycles. The van der Waals surface area contributed by atoms with Crippen LogP contribution in [0.15, 0.2) is 72.8 Å². The molecule has 70 heavy (non-hydrogen) atoms. The predicted octanol–water partition coefficient (Wildman–Crippen LogP) is 16.9. The van der Waals surface area contributed by atoms with E-state index >= 15 is 0 Å². The molecule has 7 atom stereocenters. The lowest BCUT2D eigenvalue weighted by atomic mass is 9.99. The Labute approximate surface area is 398 Å². The molecule has 7 unspecified atom stereocenters. The minimum absolute atomic E-state index is 0.225. The molecule has 0 saturated carbocycles. The second kappa shape index (κ2) is 28.2. The van der Waals surface area contributed by atoms with Crippen LogP contribution in [0, 0.1) is 0 Å². The second-order valence-electron chi connectivity index (χ2n) is 16.6. The molecular formula is C48H62F16O6. The number of rotatable bonds is 23. The molecule has 0 saturated heterocycles. The minimum atomic E-state index is -5.13. The third-order valence-corrected chi connectivity index (χ3v) is 10.2. The Morgan fingerprint density at radius 3 is 0.886 bits per heavy atom. The fourth-order valence-electron chi connectivity index (χ4n) is 5.85. The highest BCUT2D eigenvalue weighted by Crippen LogP contribution is 2.36. The molecule has 0 spiro atoms. The average molecular weight is 1040 g/mol. The fraction of sp³-hybridized carbons (Fsp3) is 0.625. The van der Waals surface area contributed by atoms with Crippen LogP contribution in [0.4, 0.5) is 70.2 Å². The van der Waals surface area contributed by atoms with Gasteiger partial charge in [-0.05, 0) is 111 Å². The van der Waals surface area contributed by atoms with Gasteiger partial charge in [-0.1, -0.05) is 77.9 Å². The maximum absolute atomic E-state index is 13.1. The Morgan fingerprint density at radius 2 is 0.657 bits per heavy atom. The summed E-state index contributed by atoms with van der Waals surface area (Å²) in [6.07, 6.45) is -30.3. The standard InChI is InChI=1S/C16H20F6O2.2C16H21F5O2/c1-4-10(2)12-5-7-13(8-6-12)23-11(3)24-14(16(20,21)22)9-15(17,18)19;2*1-4-11(2)13-5-7-14(8-6-13)23-12(3)22-10-15(17,18)9-16(19,20)21/h5-8,10-11,14H,4,9H2,1-3H3;2*5-8,11-12H,4,9-10H2,1-3H3. The number of benzene rings is 3. The van der Waals surface area contributed by atoms with Gasteiger partial charge in [-0.15, -0.1) is 0 Å². The highest BCUT2D eigenvalue weighted by atomic mass is 19.4. The molecular weight excluding hydrogens is 976 g/mol. The van der Waals surface area contributed by atoms with E-state index in [9.17, 15) is 70.2 Å². The van der Waals surface area contributed by atoms with Crippen LogP contribution in [0.1, 0.15) is 135 Å². The molecule has 22 heteroatoms. The van der Waals surface area contributed by atoms with Gasteiger partial charge in [-0.3, -0.25) is 0 Å². The van der Waals surface area contributed by atoms with Crippen molar-refractivity contribution >= 4 is 0 Å². The zero-order valence-corrected chi connectivity index (χ0v) is 40.1. The number of halogens is 16. The van der Waals surface area contributed by atoms with E-state index in [1.807, 2.05) is 38.1 Å². The number of ether oxygens (including phenoxy) is 6. The van der Waals surface area contributed by atoms with Crippen molar-refractivity contribution in [2.75, 3.05) is 13.2 Å². The van der Waals surface area contributed by atoms with Crippen LogP contribution in [-0.2, 0) is 14.2 Å². The van der Waals surface area contributed by atoms with Gasteiger partial charge in [0.15, 0.2) is 25.0 Å². The van der Waals surface area contributed by atoms with Gasteiger partial charge in [-0.2, -0.15) is 52.7 Å². The van der Waals surface area contributed by atoms with Crippen molar-refractivity contribution in [3.8, 4) is 17.2 Å². The molecule has 0 aromatic heterocycles. The molecule has 0 bridgehead atoms. The summed E-state index contributed by atoms with van der Waals surface area (Å²) in [6.45, 7) is 13.4. The Morgan fingerprint density at radius 1 is 0.386 bits per heavy atom. The lowest BCUT2D eigenvalue weighted by Gasteiger charge is -2.25. The summed E-state index contributed by atoms with van der Waals surface area (Å²) < 4.78 is 228. The van der Waals surface area contributed by atoms with Crippen molar-refractivity contribution in [1.29, 1.82) is 0 Å². The molecule has 3 rings (SSSR count). The van der Waals surface area contributed by atoms with E-state index < -0.39 is 94.0 Å². The van der Waals surface area contributed by atoms with E-state index in [2.05, 4.69) is 41.9 Å². The van der Waals surface area contributed by atoms with E-state index in [1.54, 1.807) is 48.5 Å². The van der Waals surface area contributed by atoms with Crippen LogP contribution in [0.5, 0.6) is 17.2 Å². The van der Waals surface area contributed by atoms with E-state index in [0.717, 1.165) is 42.9 Å². The highest BCUT2D eigenvalue weighted by molar-refractivity contribution is 5.31. The molecule has 0 N–H and O–H groups in total. The van der Waals surface area contributed by atoms with Crippen molar-refractivity contribution < 1.29 is 98.7 Å². The lowest BCUT2D eigenvalue weighted by molar-refractivity contribution is -0.281. The zero-order chi connectivity index (χ0) is 53.9. The van der Waals surface area contributed by atoms with Gasteiger partial charge < -0.3 is 28.4 Å². The van der Waals surface area contributed by atoms with Crippen LogP contribution in [-0.4, -0.2) is 74.7 Å². The van der Waals surface area contributed by atoms with Gasteiger partial charge in [0.2, 0.25) is 0 Å². The van der Waals surface area contributed by atoms with Crippen molar-refractivity contribution in [2.24, 2.45) is 0 Å². The minimum Gasteiger partial charge on any atom is -0.465 e. The van der Waals surface area contributed by atoms with E-state index in [0.29, 0.717) is 29.3 Å². The molecule has 3 aromatic rings. The molecule has 3 aromatic carbocycles. The third-order valence-electron chi connectivity index (χ3n) is 10.2. The normalized spacial score (nSPS) is 15.7. The first-order valence-electron chi connectivity index (χ1n) is 22.2. The van der Waals surface area contributed by atoms with Crippen molar-refractivity contribution in [3.05, 3.63) is 89.5 Å². The van der Waals surface area contributed by atoms with Crippen molar-refractivity contribution in [1.82, 2.24) is 0 Å². The summed E-state index contributed by atoms with van der Waals surface area (Å²) in [5.41, 5.74) is 3.26. The first-order valence-corrected chi connectivity index (χ1v) is 22.2. The Kier molecular flexibility index (Phi) is 25.7. The smallest absolute Gasteiger partial charge is 0.415 e. The molecule has 6 nitrogen and oxygen atoms in total. The van der Waals surface area contributed by atoms with Crippen LogP contribution in [0.3, 0.4) is 0 Å². The van der Waals surface area contributed by atoms with Gasteiger partial charge in [0, 0.05) is 0 Å². The van der Waals surface area contributed by atoms with E-state index in [1.165, 1.54) is 13.8 Å². The number of alkyl halides is 16. The second-order valence-corrected chi connectivity index (χ2v) is 16.6. The van der Waals surface area contributed by atoms with Crippen LogP contribution < -0.4 is 14.2 Å². The third kappa shape index (κ3) is 28.0. The quantitative estimate of drug-likeness (QED) is 0.0697. The van der Waals surface area contributed by atoms with Gasteiger partial charge >= 0.3 is 24.7 Å². The predicted molar refractivity (Wildman–Crippen MR) is 230 cm³/mol. The monoisotopic (exact) mass is 1040 g/mol. The van der Waals surface area contributed by atoms with Gasteiger partial charge in [0.05, 0.1) is 6.42 Å². The van der Waals surface area contributed by atoms with Gasteiger partial charge in [-0.25, -0.2) is 17.6 Å². The molecule has 0 fully saturated rings. The number of hydrogen-bond acceptors (Lipinski definition) is 6. The summed E-state index contributed by atoms with van der Waals surface area (Å²) in [5.74, 6) is -5.83. The average Bonchev–Trinajstić information content (AvgIpc) is 3.23. The fourth-order valence-corrected chi connectivity index (χ4v) is 5.85. The van der Waals surface area contributed by atoms with E-state index in [4.69, 9.17) is 14.2 Å². The van der Waals surface area contributed by atoms with E-state index in [-0.39, 0.29) is 5.75 Å². The topological polar surface area (TPSA) is 55.4 Å². The SMILES string of the molecule is CCC(C)c1ccc(OC(C)OC(CC(F)(F)F)C(F)(F)F)cc1.CCC(C)c1ccc(OC(C)OCC(F)(F)CC(F)(F)F)cc1.CCC(C)c1ccc(OC(C)OCC(F)(F)CC(F)(F)F)cc1. The summed E-state index contributed by atoms with van der Waals surface area (Å²) in [4.78, 5) is 0. The Balaban J connectivity index is 0.000000525. The Hall–Kier alpha value is -4.18. The van der Waals surface area contributed by atoms with Crippen LogP contribution in [0.25, 0.3) is 0 Å². The highest BCUT2D eigenvalue weighted by Gasteiger charge is 2.49.